The highest BCUT2D eigenvalue weighted by Gasteiger charge is 2.19. The first kappa shape index (κ1) is 18.3. The SMILES string of the molecule is Cc1c(C(=O)Nc2cccc(Br)c2)sc2nc(-c3cccc([N+](=O)[O-])c3)cn12. The summed E-state index contributed by atoms with van der Waals surface area (Å²) in [5.41, 5.74) is 2.75. The van der Waals surface area contributed by atoms with Crippen LogP contribution in [0.1, 0.15) is 15.4 Å². The van der Waals surface area contributed by atoms with Gasteiger partial charge in [0, 0.05) is 39.7 Å². The number of halogens is 1. The molecule has 0 radical (unpaired) electrons. The number of hydrogen-bond donors (Lipinski definition) is 1. The highest BCUT2D eigenvalue weighted by Crippen LogP contribution is 2.29. The van der Waals surface area contributed by atoms with E-state index in [1.165, 1.54) is 23.5 Å². The number of carbonyl (C=O) groups is 1. The van der Waals surface area contributed by atoms with Gasteiger partial charge < -0.3 is 5.32 Å². The fourth-order valence-corrected chi connectivity index (χ4v) is 4.24. The monoisotopic (exact) mass is 456 g/mol. The van der Waals surface area contributed by atoms with Crippen LogP contribution in [0.25, 0.3) is 16.2 Å². The molecule has 0 bridgehead atoms. The number of anilines is 1. The molecule has 0 saturated heterocycles. The molecule has 0 aliphatic heterocycles. The predicted molar refractivity (Wildman–Crippen MR) is 112 cm³/mol. The van der Waals surface area contributed by atoms with E-state index in [0.29, 0.717) is 26.8 Å². The van der Waals surface area contributed by atoms with Crippen molar-refractivity contribution in [3.8, 4) is 11.3 Å². The molecule has 4 aromatic rings. The molecule has 9 heteroatoms. The molecule has 0 aliphatic carbocycles. The van der Waals surface area contributed by atoms with Crippen LogP contribution >= 0.6 is 27.3 Å². The van der Waals surface area contributed by atoms with Gasteiger partial charge in [0.1, 0.15) is 4.88 Å². The number of thiazole rings is 1. The molecule has 1 amide bonds. The summed E-state index contributed by atoms with van der Waals surface area (Å²) >= 11 is 4.66. The standard InChI is InChI=1S/C19H13BrN4O3S/c1-11-17(18(25)21-14-6-3-5-13(20)9-14)28-19-22-16(10-23(11)19)12-4-2-7-15(8-12)24(26)27/h2-10H,1H3,(H,21,25). The first-order valence-corrected chi connectivity index (χ1v) is 9.83. The van der Waals surface area contributed by atoms with E-state index in [9.17, 15) is 14.9 Å². The normalized spacial score (nSPS) is 10.9. The number of nitro groups is 1. The highest BCUT2D eigenvalue weighted by atomic mass is 79.9. The Balaban J connectivity index is 1.65. The molecule has 2 aromatic carbocycles. The maximum atomic E-state index is 12.7. The van der Waals surface area contributed by atoms with Gasteiger partial charge in [-0.05, 0) is 25.1 Å². The molecule has 1 N–H and O–H groups in total. The molecule has 2 heterocycles. The topological polar surface area (TPSA) is 89.5 Å². The van der Waals surface area contributed by atoms with E-state index in [1.807, 2.05) is 35.6 Å². The lowest BCUT2D eigenvalue weighted by molar-refractivity contribution is -0.384. The predicted octanol–water partition coefficient (Wildman–Crippen LogP) is 5.29. The number of hydrogen-bond acceptors (Lipinski definition) is 5. The van der Waals surface area contributed by atoms with Gasteiger partial charge in [0.05, 0.1) is 10.6 Å². The largest absolute Gasteiger partial charge is 0.321 e. The molecule has 2 aromatic heterocycles. The summed E-state index contributed by atoms with van der Waals surface area (Å²) < 4.78 is 2.71. The van der Waals surface area contributed by atoms with Crippen LogP contribution in [0.3, 0.4) is 0 Å². The van der Waals surface area contributed by atoms with Crippen molar-refractivity contribution in [3.05, 3.63) is 79.9 Å². The fourth-order valence-electron chi connectivity index (χ4n) is 2.83. The Hall–Kier alpha value is -3.04. The van der Waals surface area contributed by atoms with Gasteiger partial charge in [0.15, 0.2) is 4.96 Å². The van der Waals surface area contributed by atoms with Crippen LogP contribution in [0.15, 0.2) is 59.2 Å². The zero-order valence-electron chi connectivity index (χ0n) is 14.5. The van der Waals surface area contributed by atoms with Gasteiger partial charge in [-0.25, -0.2) is 4.98 Å². The van der Waals surface area contributed by atoms with Crippen molar-refractivity contribution in [2.24, 2.45) is 0 Å². The summed E-state index contributed by atoms with van der Waals surface area (Å²) in [6, 6.07) is 13.7. The Morgan fingerprint density at radius 3 is 2.75 bits per heavy atom. The zero-order chi connectivity index (χ0) is 19.8. The third kappa shape index (κ3) is 3.41. The number of nitro benzene ring substituents is 1. The third-order valence-corrected chi connectivity index (χ3v) is 5.85. The van der Waals surface area contributed by atoms with Crippen LogP contribution in [0.5, 0.6) is 0 Å². The van der Waals surface area contributed by atoms with Crippen molar-refractivity contribution >= 4 is 49.5 Å². The molecule has 28 heavy (non-hydrogen) atoms. The number of aryl methyl sites for hydroxylation is 1. The summed E-state index contributed by atoms with van der Waals surface area (Å²) in [5, 5.41) is 13.9. The Morgan fingerprint density at radius 1 is 1.25 bits per heavy atom. The van der Waals surface area contributed by atoms with Crippen molar-refractivity contribution in [3.63, 3.8) is 0 Å². The van der Waals surface area contributed by atoms with Crippen LogP contribution in [-0.2, 0) is 0 Å². The van der Waals surface area contributed by atoms with Gasteiger partial charge in [-0.2, -0.15) is 0 Å². The number of amides is 1. The summed E-state index contributed by atoms with van der Waals surface area (Å²) in [6.45, 7) is 1.85. The van der Waals surface area contributed by atoms with Crippen LogP contribution < -0.4 is 5.32 Å². The van der Waals surface area contributed by atoms with Gasteiger partial charge in [0.2, 0.25) is 0 Å². The van der Waals surface area contributed by atoms with Crippen molar-refractivity contribution in [1.82, 2.24) is 9.38 Å². The second kappa shape index (κ2) is 7.17. The number of aromatic nitrogens is 2. The minimum absolute atomic E-state index is 0.0136. The van der Waals surface area contributed by atoms with Crippen LogP contribution in [-0.4, -0.2) is 20.2 Å². The number of carbonyl (C=O) groups excluding carboxylic acids is 1. The quantitative estimate of drug-likeness (QED) is 0.333. The molecule has 0 unspecified atom stereocenters. The van der Waals surface area contributed by atoms with E-state index in [0.717, 1.165) is 10.2 Å². The van der Waals surface area contributed by atoms with E-state index in [1.54, 1.807) is 18.3 Å². The zero-order valence-corrected chi connectivity index (χ0v) is 17.0. The second-order valence-electron chi connectivity index (χ2n) is 6.07. The van der Waals surface area contributed by atoms with Gasteiger partial charge in [-0.3, -0.25) is 19.3 Å². The number of imidazole rings is 1. The van der Waals surface area contributed by atoms with Crippen LogP contribution in [0.2, 0.25) is 0 Å². The van der Waals surface area contributed by atoms with E-state index in [4.69, 9.17) is 0 Å². The average Bonchev–Trinajstić information content (AvgIpc) is 3.21. The first-order chi connectivity index (χ1) is 13.4. The van der Waals surface area contributed by atoms with Gasteiger partial charge >= 0.3 is 0 Å². The molecule has 0 fully saturated rings. The molecule has 0 spiro atoms. The molecule has 4 rings (SSSR count). The number of non-ortho nitro benzene ring substituents is 1. The minimum Gasteiger partial charge on any atom is -0.321 e. The average molecular weight is 457 g/mol. The summed E-state index contributed by atoms with van der Waals surface area (Å²) in [7, 11) is 0. The van der Waals surface area contributed by atoms with Crippen molar-refractivity contribution in [1.29, 1.82) is 0 Å². The van der Waals surface area contributed by atoms with Gasteiger partial charge in [-0.1, -0.05) is 45.5 Å². The minimum atomic E-state index is -0.433. The van der Waals surface area contributed by atoms with E-state index < -0.39 is 4.92 Å². The lowest BCUT2D eigenvalue weighted by Gasteiger charge is -2.04. The third-order valence-electron chi connectivity index (χ3n) is 4.20. The molecule has 0 atom stereocenters. The van der Waals surface area contributed by atoms with Gasteiger partial charge in [-0.15, -0.1) is 0 Å². The Kier molecular flexibility index (Phi) is 4.70. The van der Waals surface area contributed by atoms with Gasteiger partial charge in [0.25, 0.3) is 11.6 Å². The number of nitrogens with one attached hydrogen (secondary N) is 1. The number of rotatable bonds is 4. The second-order valence-corrected chi connectivity index (χ2v) is 7.96. The lowest BCUT2D eigenvalue weighted by Crippen LogP contribution is -2.11. The number of nitrogens with zero attached hydrogens (tertiary/aromatic N) is 3. The van der Waals surface area contributed by atoms with Crippen molar-refractivity contribution < 1.29 is 9.72 Å². The maximum absolute atomic E-state index is 12.7. The van der Waals surface area contributed by atoms with Crippen LogP contribution in [0.4, 0.5) is 11.4 Å². The molecule has 140 valence electrons. The fraction of sp³-hybridized carbons (Fsp3) is 0.0526. The van der Waals surface area contributed by atoms with Crippen molar-refractivity contribution in [2.45, 2.75) is 6.92 Å². The summed E-state index contributed by atoms with van der Waals surface area (Å²) in [4.78, 5) is 29.0. The Labute approximate surface area is 171 Å². The highest BCUT2D eigenvalue weighted by molar-refractivity contribution is 9.10. The maximum Gasteiger partial charge on any atom is 0.270 e. The summed E-state index contributed by atoms with van der Waals surface area (Å²) in [6.07, 6.45) is 1.79. The van der Waals surface area contributed by atoms with Crippen molar-refractivity contribution in [2.75, 3.05) is 5.32 Å². The van der Waals surface area contributed by atoms with E-state index in [-0.39, 0.29) is 11.6 Å². The van der Waals surface area contributed by atoms with Crippen LogP contribution in [0, 0.1) is 17.0 Å². The molecular formula is C19H13BrN4O3S. The lowest BCUT2D eigenvalue weighted by atomic mass is 10.1. The Morgan fingerprint density at radius 2 is 2.04 bits per heavy atom. The Bertz CT molecular complexity index is 1230. The number of benzene rings is 2. The molecule has 0 saturated carbocycles. The molecule has 0 aliphatic rings. The number of fused-ring (bicyclic) bond motifs is 1. The molecular weight excluding hydrogens is 444 g/mol. The van der Waals surface area contributed by atoms with E-state index in [2.05, 4.69) is 26.2 Å². The van der Waals surface area contributed by atoms with E-state index >= 15 is 0 Å². The first-order valence-electron chi connectivity index (χ1n) is 8.22. The summed E-state index contributed by atoms with van der Waals surface area (Å²) in [5.74, 6) is -0.206. The smallest absolute Gasteiger partial charge is 0.270 e. The molecule has 7 nitrogen and oxygen atoms in total.